The lowest BCUT2D eigenvalue weighted by atomic mass is 10.0. The number of halogens is 1. The first-order valence-electron chi connectivity index (χ1n) is 13.1. The molecule has 0 radical (unpaired) electrons. The minimum absolute atomic E-state index is 0.133. The summed E-state index contributed by atoms with van der Waals surface area (Å²) in [5, 5.41) is 4.17. The molecule has 0 saturated heterocycles. The number of ketones is 1. The highest BCUT2D eigenvalue weighted by molar-refractivity contribution is 5.97. The number of Topliss-reactive ketones (excluding diaryl/α,β-unsaturated/α-hetero) is 1. The van der Waals surface area contributed by atoms with Crippen LogP contribution in [0.2, 0.25) is 0 Å². The van der Waals surface area contributed by atoms with Crippen molar-refractivity contribution in [2.24, 2.45) is 7.05 Å². The van der Waals surface area contributed by atoms with Crippen molar-refractivity contribution in [3.8, 4) is 34.2 Å². The summed E-state index contributed by atoms with van der Waals surface area (Å²) in [5.41, 5.74) is 0.714. The quantitative estimate of drug-likeness (QED) is 0.236. The van der Waals surface area contributed by atoms with Crippen LogP contribution in [0.1, 0.15) is 35.8 Å². The lowest BCUT2D eigenvalue weighted by molar-refractivity contribution is 0.0990. The largest absolute Gasteiger partial charge is 0.493 e. The number of rotatable bonds is 9. The molecule has 0 bridgehead atoms. The van der Waals surface area contributed by atoms with E-state index in [4.69, 9.17) is 9.47 Å². The van der Waals surface area contributed by atoms with Crippen LogP contribution in [0.15, 0.2) is 89.0 Å². The molecule has 0 atom stereocenters. The van der Waals surface area contributed by atoms with E-state index < -0.39 is 22.8 Å². The Morgan fingerprint density at radius 3 is 2.43 bits per heavy atom. The first-order chi connectivity index (χ1) is 20.1. The fourth-order valence-electron chi connectivity index (χ4n) is 4.45. The van der Waals surface area contributed by atoms with Crippen molar-refractivity contribution in [2.75, 3.05) is 7.11 Å². The molecule has 11 heteroatoms. The molecule has 214 valence electrons. The maximum atomic E-state index is 13.5. The van der Waals surface area contributed by atoms with Gasteiger partial charge in [-0.3, -0.25) is 23.8 Å². The van der Waals surface area contributed by atoms with Gasteiger partial charge in [0.25, 0.3) is 5.56 Å². The predicted octanol–water partition coefficient (Wildman–Crippen LogP) is 4.74. The van der Waals surface area contributed by atoms with Gasteiger partial charge < -0.3 is 9.47 Å². The Kier molecular flexibility index (Phi) is 7.83. The van der Waals surface area contributed by atoms with E-state index in [0.717, 1.165) is 22.3 Å². The number of hydrogen-bond donors (Lipinski definition) is 0. The molecule has 3 heterocycles. The van der Waals surface area contributed by atoms with E-state index in [1.165, 1.54) is 30.0 Å². The lowest BCUT2D eigenvalue weighted by Crippen LogP contribution is -2.42. The molecule has 42 heavy (non-hydrogen) atoms. The van der Waals surface area contributed by atoms with E-state index >= 15 is 0 Å². The Bertz CT molecular complexity index is 1890. The standard InChI is InChI=1S/C31H28FN5O5/c1-19(2)36-18-25(30(39)37(31(36)40)23-8-6-22(32)7-9-23)27(38)13-20-5-10-28(29(14-20)41-4)42-24-11-12-33-26(15-24)21-16-34-35(3)17-21/h5-12,14-19H,13H2,1-4H3. The fourth-order valence-corrected chi connectivity index (χ4v) is 4.45. The highest BCUT2D eigenvalue weighted by Gasteiger charge is 2.21. The average Bonchev–Trinajstić information content (AvgIpc) is 3.41. The van der Waals surface area contributed by atoms with E-state index in [-0.39, 0.29) is 23.7 Å². The van der Waals surface area contributed by atoms with E-state index in [1.807, 2.05) is 13.2 Å². The minimum Gasteiger partial charge on any atom is -0.493 e. The van der Waals surface area contributed by atoms with Crippen LogP contribution >= 0.6 is 0 Å². The second-order valence-corrected chi connectivity index (χ2v) is 9.91. The van der Waals surface area contributed by atoms with Crippen molar-refractivity contribution < 1.29 is 18.7 Å². The van der Waals surface area contributed by atoms with Gasteiger partial charge in [0.1, 0.15) is 17.1 Å². The van der Waals surface area contributed by atoms with Crippen LogP contribution in [0.5, 0.6) is 17.2 Å². The Labute approximate surface area is 240 Å². The topological polar surface area (TPSA) is 110 Å². The normalized spacial score (nSPS) is 11.1. The SMILES string of the molecule is COc1cc(CC(=O)c2cn(C(C)C)c(=O)n(-c3ccc(F)cc3)c2=O)ccc1Oc1ccnc(-c2cnn(C)c2)c1. The van der Waals surface area contributed by atoms with Crippen molar-refractivity contribution in [2.45, 2.75) is 26.3 Å². The summed E-state index contributed by atoms with van der Waals surface area (Å²) in [6.45, 7) is 3.53. The van der Waals surface area contributed by atoms with Gasteiger partial charge in [-0.1, -0.05) is 6.07 Å². The van der Waals surface area contributed by atoms with Crippen LogP contribution in [0, 0.1) is 5.82 Å². The molecule has 2 aromatic carbocycles. The maximum absolute atomic E-state index is 13.5. The predicted molar refractivity (Wildman–Crippen MR) is 154 cm³/mol. The molecular weight excluding hydrogens is 541 g/mol. The number of methoxy groups -OCH3 is 1. The minimum atomic E-state index is -0.775. The number of benzene rings is 2. The zero-order valence-electron chi connectivity index (χ0n) is 23.4. The van der Waals surface area contributed by atoms with E-state index in [1.54, 1.807) is 61.3 Å². The van der Waals surface area contributed by atoms with Gasteiger partial charge in [-0.2, -0.15) is 5.10 Å². The van der Waals surface area contributed by atoms with Crippen molar-refractivity contribution >= 4 is 5.78 Å². The summed E-state index contributed by atoms with van der Waals surface area (Å²) in [5.74, 6) is 0.335. The summed E-state index contributed by atoms with van der Waals surface area (Å²) < 4.78 is 29.0. The summed E-state index contributed by atoms with van der Waals surface area (Å²) in [6, 6.07) is 13.1. The summed E-state index contributed by atoms with van der Waals surface area (Å²) in [6.07, 6.45) is 6.34. The van der Waals surface area contributed by atoms with Crippen LogP contribution in [-0.4, -0.2) is 36.8 Å². The molecule has 10 nitrogen and oxygen atoms in total. The molecule has 5 aromatic rings. The third-order valence-corrected chi connectivity index (χ3v) is 6.61. The number of pyridine rings is 1. The number of hydrogen-bond acceptors (Lipinski definition) is 7. The lowest BCUT2D eigenvalue weighted by Gasteiger charge is -2.16. The molecular formula is C31H28FN5O5. The third-order valence-electron chi connectivity index (χ3n) is 6.61. The first-order valence-corrected chi connectivity index (χ1v) is 13.1. The fraction of sp³-hybridized carbons (Fsp3) is 0.194. The van der Waals surface area contributed by atoms with E-state index in [2.05, 4.69) is 10.1 Å². The summed E-state index contributed by atoms with van der Waals surface area (Å²) >= 11 is 0. The van der Waals surface area contributed by atoms with Gasteiger partial charge in [-0.05, 0) is 61.9 Å². The molecule has 0 fully saturated rings. The number of carbonyl (C=O) groups excluding carboxylic acids is 1. The Balaban J connectivity index is 1.43. The van der Waals surface area contributed by atoms with Gasteiger partial charge in [-0.15, -0.1) is 0 Å². The number of aryl methyl sites for hydroxylation is 1. The van der Waals surface area contributed by atoms with E-state index in [9.17, 15) is 18.8 Å². The molecule has 0 aliphatic heterocycles. The zero-order valence-corrected chi connectivity index (χ0v) is 23.4. The van der Waals surface area contributed by atoms with Gasteiger partial charge in [0.05, 0.1) is 24.7 Å². The molecule has 5 rings (SSSR count). The Hall–Kier alpha value is -5.32. The van der Waals surface area contributed by atoms with Crippen molar-refractivity contribution in [1.82, 2.24) is 23.9 Å². The second-order valence-electron chi connectivity index (χ2n) is 9.91. The summed E-state index contributed by atoms with van der Waals surface area (Å²) in [4.78, 5) is 44.3. The van der Waals surface area contributed by atoms with Gasteiger partial charge in [0.15, 0.2) is 17.3 Å². The molecule has 0 aliphatic rings. The number of ether oxygens (including phenoxy) is 2. The van der Waals surface area contributed by atoms with Crippen molar-refractivity contribution in [3.63, 3.8) is 0 Å². The number of nitrogens with zero attached hydrogens (tertiary/aromatic N) is 5. The van der Waals surface area contributed by atoms with Gasteiger partial charge >= 0.3 is 5.69 Å². The van der Waals surface area contributed by atoms with E-state index in [0.29, 0.717) is 28.5 Å². The second kappa shape index (κ2) is 11.7. The molecule has 0 N–H and O–H groups in total. The van der Waals surface area contributed by atoms with Gasteiger partial charge in [0.2, 0.25) is 0 Å². The van der Waals surface area contributed by atoms with Crippen LogP contribution in [0.3, 0.4) is 0 Å². The molecule has 0 spiro atoms. The molecule has 0 unspecified atom stereocenters. The molecule has 0 saturated carbocycles. The number of carbonyl (C=O) groups is 1. The number of aromatic nitrogens is 5. The van der Waals surface area contributed by atoms with Crippen molar-refractivity contribution in [1.29, 1.82) is 0 Å². The van der Waals surface area contributed by atoms with Crippen LogP contribution in [-0.2, 0) is 13.5 Å². The zero-order chi connectivity index (χ0) is 30.0. The smallest absolute Gasteiger partial charge is 0.335 e. The average molecular weight is 570 g/mol. The van der Waals surface area contributed by atoms with Gasteiger partial charge in [-0.25, -0.2) is 13.8 Å². The monoisotopic (exact) mass is 569 g/mol. The Morgan fingerprint density at radius 1 is 1.00 bits per heavy atom. The summed E-state index contributed by atoms with van der Waals surface area (Å²) in [7, 11) is 3.31. The van der Waals surface area contributed by atoms with Gasteiger partial charge in [0, 0.05) is 49.7 Å². The maximum Gasteiger partial charge on any atom is 0.335 e. The first kappa shape index (κ1) is 28.2. The molecule has 0 amide bonds. The van der Waals surface area contributed by atoms with Crippen LogP contribution in [0.4, 0.5) is 4.39 Å². The Morgan fingerprint density at radius 2 is 1.76 bits per heavy atom. The highest BCUT2D eigenvalue weighted by atomic mass is 19.1. The highest BCUT2D eigenvalue weighted by Crippen LogP contribution is 2.33. The third kappa shape index (κ3) is 5.75. The van der Waals surface area contributed by atoms with Crippen molar-refractivity contribution in [3.05, 3.63) is 117 Å². The molecule has 0 aliphatic carbocycles. The van der Waals surface area contributed by atoms with Crippen LogP contribution < -0.4 is 20.7 Å². The van der Waals surface area contributed by atoms with Crippen LogP contribution in [0.25, 0.3) is 16.9 Å². The molecule has 3 aromatic heterocycles.